The summed E-state index contributed by atoms with van der Waals surface area (Å²) >= 11 is 1.61. The van der Waals surface area contributed by atoms with Crippen molar-refractivity contribution in [2.75, 3.05) is 5.32 Å². The molecule has 0 bridgehead atoms. The predicted molar refractivity (Wildman–Crippen MR) is 110 cm³/mol. The van der Waals surface area contributed by atoms with Gasteiger partial charge in [0.25, 0.3) is 5.91 Å². The monoisotopic (exact) mass is 386 g/mol. The third-order valence-corrected chi connectivity index (χ3v) is 4.85. The molecule has 0 fully saturated rings. The number of nitrogens with zero attached hydrogens (tertiary/aromatic N) is 2. The number of benzene rings is 2. The minimum absolute atomic E-state index is 0.00315. The average Bonchev–Trinajstić information content (AvgIpc) is 2.75. The second kappa shape index (κ2) is 9.95. The third kappa shape index (κ3) is 5.47. The Balaban J connectivity index is 1.67. The Morgan fingerprint density at radius 3 is 2.61 bits per heavy atom. The molecule has 0 unspecified atom stereocenters. The first-order chi connectivity index (χ1) is 13.8. The smallest absolute Gasteiger partial charge is 0.263 e. The summed E-state index contributed by atoms with van der Waals surface area (Å²) in [4.78, 5) is 18.4. The lowest BCUT2D eigenvalue weighted by Crippen LogP contribution is -2.24. The highest BCUT2D eigenvalue weighted by Crippen LogP contribution is 2.33. The van der Waals surface area contributed by atoms with Gasteiger partial charge in [0.15, 0.2) is 0 Å². The molecule has 0 aliphatic heterocycles. The van der Waals surface area contributed by atoms with Crippen LogP contribution in [-0.4, -0.2) is 10.9 Å². The molecule has 0 aliphatic carbocycles. The van der Waals surface area contributed by atoms with Crippen LogP contribution in [0.3, 0.4) is 0 Å². The van der Waals surface area contributed by atoms with E-state index >= 15 is 0 Å². The summed E-state index contributed by atoms with van der Waals surface area (Å²) in [5.74, 6) is -0.438. The van der Waals surface area contributed by atoms with E-state index in [4.69, 9.17) is 0 Å². The van der Waals surface area contributed by atoms with Crippen LogP contribution in [0.15, 0.2) is 101 Å². The molecule has 2 aromatic carbocycles. The number of hydrogen-bond donors (Lipinski definition) is 2. The van der Waals surface area contributed by atoms with Gasteiger partial charge in [0.05, 0.1) is 5.69 Å². The summed E-state index contributed by atoms with van der Waals surface area (Å²) in [6.45, 7) is 0.312. The molecule has 0 saturated heterocycles. The highest BCUT2D eigenvalue weighted by molar-refractivity contribution is 7.99. The van der Waals surface area contributed by atoms with Gasteiger partial charge in [0.1, 0.15) is 11.6 Å². The van der Waals surface area contributed by atoms with E-state index in [0.29, 0.717) is 6.54 Å². The van der Waals surface area contributed by atoms with Crippen LogP contribution in [-0.2, 0) is 11.3 Å². The minimum atomic E-state index is -0.438. The largest absolute Gasteiger partial charge is 0.359 e. The number of hydrogen-bond acceptors (Lipinski definition) is 5. The third-order valence-electron chi connectivity index (χ3n) is 3.77. The Morgan fingerprint density at radius 2 is 1.86 bits per heavy atom. The lowest BCUT2D eigenvalue weighted by atomic mass is 10.2. The average molecular weight is 386 g/mol. The number of anilines is 1. The summed E-state index contributed by atoms with van der Waals surface area (Å²) < 4.78 is 0. The van der Waals surface area contributed by atoms with Crippen molar-refractivity contribution in [1.29, 1.82) is 5.26 Å². The maximum atomic E-state index is 12.3. The van der Waals surface area contributed by atoms with Gasteiger partial charge in [0.2, 0.25) is 0 Å². The summed E-state index contributed by atoms with van der Waals surface area (Å²) in [6, 6.07) is 23.4. The zero-order valence-electron chi connectivity index (χ0n) is 15.0. The van der Waals surface area contributed by atoms with Gasteiger partial charge in [-0.2, -0.15) is 5.26 Å². The van der Waals surface area contributed by atoms with Gasteiger partial charge in [-0.25, -0.2) is 0 Å². The van der Waals surface area contributed by atoms with Gasteiger partial charge in [-0.05, 0) is 35.9 Å². The minimum Gasteiger partial charge on any atom is -0.359 e. The molecule has 0 radical (unpaired) electrons. The Morgan fingerprint density at radius 1 is 1.07 bits per heavy atom. The molecular weight excluding hydrogens is 368 g/mol. The van der Waals surface area contributed by atoms with Crippen molar-refractivity contribution in [1.82, 2.24) is 10.3 Å². The number of nitrogens with one attached hydrogen (secondary N) is 2. The molecule has 6 heteroatoms. The van der Waals surface area contributed by atoms with Gasteiger partial charge in [-0.3, -0.25) is 9.78 Å². The predicted octanol–water partition coefficient (Wildman–Crippen LogP) is 4.37. The van der Waals surface area contributed by atoms with E-state index < -0.39 is 5.91 Å². The van der Waals surface area contributed by atoms with Crippen molar-refractivity contribution in [2.45, 2.75) is 16.3 Å². The van der Waals surface area contributed by atoms with Gasteiger partial charge in [-0.1, -0.05) is 48.2 Å². The molecule has 2 N–H and O–H groups in total. The van der Waals surface area contributed by atoms with Crippen LogP contribution in [0.5, 0.6) is 0 Å². The summed E-state index contributed by atoms with van der Waals surface area (Å²) in [5, 5.41) is 15.2. The zero-order valence-corrected chi connectivity index (χ0v) is 15.8. The second-order valence-corrected chi connectivity index (χ2v) is 6.88. The summed E-state index contributed by atoms with van der Waals surface area (Å²) in [7, 11) is 0. The number of pyridine rings is 1. The fourth-order valence-corrected chi connectivity index (χ4v) is 3.30. The van der Waals surface area contributed by atoms with Crippen LogP contribution in [0.2, 0.25) is 0 Å². The number of para-hydroxylation sites is 1. The quantitative estimate of drug-likeness (QED) is 0.466. The van der Waals surface area contributed by atoms with E-state index in [-0.39, 0.29) is 5.57 Å². The Hall–Kier alpha value is -3.56. The van der Waals surface area contributed by atoms with E-state index in [2.05, 4.69) is 15.6 Å². The molecular formula is C22H18N4OS. The maximum absolute atomic E-state index is 12.3. The van der Waals surface area contributed by atoms with Crippen molar-refractivity contribution in [3.8, 4) is 6.07 Å². The molecule has 138 valence electrons. The molecule has 5 nitrogen and oxygen atoms in total. The normalized spacial score (nSPS) is 10.8. The van der Waals surface area contributed by atoms with Crippen molar-refractivity contribution < 1.29 is 4.79 Å². The number of amides is 1. The summed E-state index contributed by atoms with van der Waals surface area (Å²) in [5.41, 5.74) is 1.69. The van der Waals surface area contributed by atoms with Crippen molar-refractivity contribution in [3.63, 3.8) is 0 Å². The lowest BCUT2D eigenvalue weighted by molar-refractivity contribution is -0.117. The number of carbonyl (C=O) groups is 1. The van der Waals surface area contributed by atoms with Crippen molar-refractivity contribution in [3.05, 3.63) is 96.5 Å². The van der Waals surface area contributed by atoms with E-state index in [9.17, 15) is 10.1 Å². The molecule has 0 saturated carbocycles. The highest BCUT2D eigenvalue weighted by atomic mass is 32.2. The van der Waals surface area contributed by atoms with Crippen LogP contribution in [0.25, 0.3) is 0 Å². The molecule has 1 heterocycles. The van der Waals surface area contributed by atoms with Crippen molar-refractivity contribution in [2.24, 2.45) is 0 Å². The molecule has 28 heavy (non-hydrogen) atoms. The number of aromatic nitrogens is 1. The second-order valence-electron chi connectivity index (χ2n) is 5.77. The molecule has 1 aromatic heterocycles. The van der Waals surface area contributed by atoms with Crippen molar-refractivity contribution >= 4 is 23.4 Å². The van der Waals surface area contributed by atoms with E-state index in [1.165, 1.54) is 6.20 Å². The molecule has 0 atom stereocenters. The van der Waals surface area contributed by atoms with Gasteiger partial charge in [-0.15, -0.1) is 0 Å². The first-order valence-electron chi connectivity index (χ1n) is 8.62. The Labute approximate surface area is 168 Å². The highest BCUT2D eigenvalue weighted by Gasteiger charge is 2.09. The Bertz CT molecular complexity index is 998. The van der Waals surface area contributed by atoms with E-state index in [1.807, 2.05) is 66.7 Å². The molecule has 3 aromatic rings. The first kappa shape index (κ1) is 19.2. The number of nitriles is 1. The molecule has 0 spiro atoms. The Kier molecular flexibility index (Phi) is 6.83. The van der Waals surface area contributed by atoms with E-state index in [0.717, 1.165) is 21.0 Å². The topological polar surface area (TPSA) is 77.8 Å². The number of rotatable bonds is 7. The molecule has 3 rings (SSSR count). The molecule has 1 amide bonds. The van der Waals surface area contributed by atoms with Gasteiger partial charge < -0.3 is 10.6 Å². The van der Waals surface area contributed by atoms with Crippen LogP contribution in [0, 0.1) is 11.3 Å². The van der Waals surface area contributed by atoms with Gasteiger partial charge in [0, 0.05) is 34.9 Å². The number of carbonyl (C=O) groups excluding carboxylic acids is 1. The van der Waals surface area contributed by atoms with Crippen LogP contribution in [0.1, 0.15) is 5.56 Å². The maximum Gasteiger partial charge on any atom is 0.263 e. The van der Waals surface area contributed by atoms with Crippen LogP contribution in [0.4, 0.5) is 5.69 Å². The SMILES string of the molecule is N#C/C(=C/Nc1ccccc1Sc1ccccc1)C(=O)NCc1cccnc1. The molecule has 0 aliphatic rings. The van der Waals surface area contributed by atoms with Crippen LogP contribution < -0.4 is 10.6 Å². The standard InChI is InChI=1S/C22H18N4OS/c23-13-18(22(27)26-15-17-7-6-12-24-14-17)16-25-20-10-4-5-11-21(20)28-19-8-2-1-3-9-19/h1-12,14,16,25H,15H2,(H,26,27)/b18-16-. The van der Waals surface area contributed by atoms with Crippen LogP contribution >= 0.6 is 11.8 Å². The summed E-state index contributed by atoms with van der Waals surface area (Å²) in [6.07, 6.45) is 4.77. The first-order valence-corrected chi connectivity index (χ1v) is 9.44. The van der Waals surface area contributed by atoms with E-state index in [1.54, 1.807) is 30.2 Å². The fraction of sp³-hybridized carbons (Fsp3) is 0.0455. The zero-order chi connectivity index (χ0) is 19.6. The lowest BCUT2D eigenvalue weighted by Gasteiger charge is -2.09. The van der Waals surface area contributed by atoms with Gasteiger partial charge >= 0.3 is 0 Å². The fourth-order valence-electron chi connectivity index (χ4n) is 2.37.